The highest BCUT2D eigenvalue weighted by Gasteiger charge is 2.30. The van der Waals surface area contributed by atoms with Crippen LogP contribution in [0, 0.1) is 0 Å². The summed E-state index contributed by atoms with van der Waals surface area (Å²) >= 11 is 0. The van der Waals surface area contributed by atoms with Gasteiger partial charge in [-0.1, -0.05) is 5.16 Å². The van der Waals surface area contributed by atoms with Gasteiger partial charge >= 0.3 is 6.09 Å². The number of amides is 2. The predicted molar refractivity (Wildman–Crippen MR) is 95.3 cm³/mol. The zero-order chi connectivity index (χ0) is 19.4. The van der Waals surface area contributed by atoms with Crippen molar-refractivity contribution in [3.05, 3.63) is 36.0 Å². The average molecular weight is 374 g/mol. The van der Waals surface area contributed by atoms with E-state index in [1.165, 1.54) is 7.11 Å². The van der Waals surface area contributed by atoms with Gasteiger partial charge in [-0.3, -0.25) is 4.79 Å². The predicted octanol–water partition coefficient (Wildman–Crippen LogP) is 2.60. The lowest BCUT2D eigenvalue weighted by atomic mass is 10.0. The van der Waals surface area contributed by atoms with Crippen LogP contribution in [0.5, 0.6) is 5.75 Å². The van der Waals surface area contributed by atoms with E-state index in [4.69, 9.17) is 9.26 Å². The maximum Gasteiger partial charge on any atom is 0.407 e. The van der Waals surface area contributed by atoms with Crippen LogP contribution in [-0.2, 0) is 16.1 Å². The summed E-state index contributed by atoms with van der Waals surface area (Å²) in [5.74, 6) is 1.82. The maximum atomic E-state index is 12.3. The fourth-order valence-electron chi connectivity index (χ4n) is 2.25. The van der Waals surface area contributed by atoms with Crippen molar-refractivity contribution < 1.29 is 23.6 Å². The first-order valence-electron chi connectivity index (χ1n) is 8.60. The number of aromatic nitrogens is 2. The highest BCUT2D eigenvalue weighted by Crippen LogP contribution is 2.38. The van der Waals surface area contributed by atoms with Crippen LogP contribution in [-0.4, -0.2) is 34.8 Å². The number of hydrogen-bond acceptors (Lipinski definition) is 7. The van der Waals surface area contributed by atoms with Crippen LogP contribution in [0.4, 0.5) is 10.5 Å². The van der Waals surface area contributed by atoms with Crippen LogP contribution in [0.2, 0.25) is 0 Å². The molecule has 2 amide bonds. The Labute approximate surface area is 156 Å². The van der Waals surface area contributed by atoms with E-state index in [0.29, 0.717) is 29.1 Å². The molecule has 0 bridgehead atoms. The van der Waals surface area contributed by atoms with E-state index in [2.05, 4.69) is 25.5 Å². The molecule has 0 unspecified atom stereocenters. The third kappa shape index (κ3) is 4.96. The lowest BCUT2D eigenvalue weighted by Crippen LogP contribution is -2.52. The third-order valence-electron chi connectivity index (χ3n) is 4.06. The summed E-state index contributed by atoms with van der Waals surface area (Å²) in [7, 11) is 1.24. The first-order chi connectivity index (χ1) is 12.9. The zero-order valence-electron chi connectivity index (χ0n) is 15.4. The SMILES string of the molecule is COC(=O)NC(C)(C)C(=O)Nc1ccc(OCc2noc(C3CC3)n2)cc1. The summed E-state index contributed by atoms with van der Waals surface area (Å²) in [6.07, 6.45) is 1.52. The molecule has 144 valence electrons. The number of anilines is 1. The monoisotopic (exact) mass is 374 g/mol. The summed E-state index contributed by atoms with van der Waals surface area (Å²) in [6, 6.07) is 6.84. The second-order valence-electron chi connectivity index (χ2n) is 6.83. The van der Waals surface area contributed by atoms with Crippen LogP contribution < -0.4 is 15.4 Å². The second-order valence-corrected chi connectivity index (χ2v) is 6.83. The second kappa shape index (κ2) is 7.65. The molecule has 1 aliphatic carbocycles. The zero-order valence-corrected chi connectivity index (χ0v) is 15.4. The molecule has 27 heavy (non-hydrogen) atoms. The Balaban J connectivity index is 1.51. The summed E-state index contributed by atoms with van der Waals surface area (Å²) in [5.41, 5.74) is -0.553. The van der Waals surface area contributed by atoms with Gasteiger partial charge in [0.2, 0.25) is 17.6 Å². The van der Waals surface area contributed by atoms with Crippen LogP contribution in [0.1, 0.15) is 44.3 Å². The van der Waals surface area contributed by atoms with E-state index in [-0.39, 0.29) is 12.5 Å². The Morgan fingerprint density at radius 1 is 1.26 bits per heavy atom. The van der Waals surface area contributed by atoms with Gasteiger partial charge in [-0.05, 0) is 51.0 Å². The van der Waals surface area contributed by atoms with Gasteiger partial charge in [0.05, 0.1) is 7.11 Å². The first kappa shape index (κ1) is 18.7. The van der Waals surface area contributed by atoms with Crippen LogP contribution >= 0.6 is 0 Å². The molecule has 0 radical (unpaired) electrons. The Hall–Kier alpha value is -3.10. The van der Waals surface area contributed by atoms with Crippen LogP contribution in [0.3, 0.4) is 0 Å². The van der Waals surface area contributed by atoms with Crippen molar-refractivity contribution in [2.75, 3.05) is 12.4 Å². The van der Waals surface area contributed by atoms with E-state index in [1.807, 2.05) is 0 Å². The van der Waals surface area contributed by atoms with Crippen molar-refractivity contribution in [1.29, 1.82) is 0 Å². The Kier molecular flexibility index (Phi) is 5.29. The molecule has 1 aliphatic rings. The average Bonchev–Trinajstić information content (AvgIpc) is 3.39. The normalized spacial score (nSPS) is 13.7. The van der Waals surface area contributed by atoms with Crippen molar-refractivity contribution in [3.8, 4) is 5.75 Å². The lowest BCUT2D eigenvalue weighted by Gasteiger charge is -2.24. The highest BCUT2D eigenvalue weighted by molar-refractivity contribution is 5.99. The van der Waals surface area contributed by atoms with Crippen molar-refractivity contribution in [2.45, 2.75) is 44.8 Å². The fraction of sp³-hybridized carbons (Fsp3) is 0.444. The molecular weight excluding hydrogens is 352 g/mol. The lowest BCUT2D eigenvalue weighted by molar-refractivity contribution is -0.121. The topological polar surface area (TPSA) is 116 Å². The highest BCUT2D eigenvalue weighted by atomic mass is 16.5. The third-order valence-corrected chi connectivity index (χ3v) is 4.06. The molecule has 1 aromatic carbocycles. The molecular formula is C18H22N4O5. The Morgan fingerprint density at radius 3 is 2.59 bits per heavy atom. The number of rotatable bonds is 7. The van der Waals surface area contributed by atoms with Gasteiger partial charge < -0.3 is 24.6 Å². The van der Waals surface area contributed by atoms with Crippen LogP contribution in [0.15, 0.2) is 28.8 Å². The van der Waals surface area contributed by atoms with Crippen molar-refractivity contribution in [1.82, 2.24) is 15.5 Å². The van der Waals surface area contributed by atoms with Crippen molar-refractivity contribution >= 4 is 17.7 Å². The molecule has 0 saturated heterocycles. The number of hydrogen-bond donors (Lipinski definition) is 2. The molecule has 9 nitrogen and oxygen atoms in total. The molecule has 0 aliphatic heterocycles. The summed E-state index contributed by atoms with van der Waals surface area (Å²) in [4.78, 5) is 27.9. The van der Waals surface area contributed by atoms with Gasteiger partial charge in [0.25, 0.3) is 0 Å². The summed E-state index contributed by atoms with van der Waals surface area (Å²) in [6.45, 7) is 3.37. The number of ether oxygens (including phenoxy) is 2. The molecule has 1 fully saturated rings. The molecule has 1 aromatic heterocycles. The standard InChI is InChI=1S/C18H22N4O5/c1-18(2,21-17(24)25-3)16(23)19-12-6-8-13(9-7-12)26-10-14-20-15(27-22-14)11-4-5-11/h6-9,11H,4-5,10H2,1-3H3,(H,19,23)(H,21,24). The summed E-state index contributed by atoms with van der Waals surface area (Å²) < 4.78 is 15.3. The number of carbonyl (C=O) groups is 2. The molecule has 1 saturated carbocycles. The van der Waals surface area contributed by atoms with E-state index in [0.717, 1.165) is 12.8 Å². The number of nitrogens with zero attached hydrogens (tertiary/aromatic N) is 2. The van der Waals surface area contributed by atoms with E-state index < -0.39 is 11.6 Å². The number of nitrogens with one attached hydrogen (secondary N) is 2. The van der Waals surface area contributed by atoms with Gasteiger partial charge in [-0.25, -0.2) is 4.79 Å². The largest absolute Gasteiger partial charge is 0.485 e. The van der Waals surface area contributed by atoms with Gasteiger partial charge in [0.15, 0.2) is 6.61 Å². The fourth-order valence-corrected chi connectivity index (χ4v) is 2.25. The minimum absolute atomic E-state index is 0.206. The maximum absolute atomic E-state index is 12.3. The van der Waals surface area contributed by atoms with Gasteiger partial charge in [0.1, 0.15) is 11.3 Å². The molecule has 0 spiro atoms. The van der Waals surface area contributed by atoms with Gasteiger partial charge in [-0.15, -0.1) is 0 Å². The molecule has 2 aromatic rings. The van der Waals surface area contributed by atoms with Gasteiger partial charge in [-0.2, -0.15) is 4.98 Å². The molecule has 3 rings (SSSR count). The number of alkyl carbamates (subject to hydrolysis) is 1. The quantitative estimate of drug-likeness (QED) is 0.765. The van der Waals surface area contributed by atoms with Crippen molar-refractivity contribution in [3.63, 3.8) is 0 Å². The Morgan fingerprint density at radius 2 is 1.96 bits per heavy atom. The van der Waals surface area contributed by atoms with E-state index in [1.54, 1.807) is 38.1 Å². The molecule has 0 atom stereocenters. The summed E-state index contributed by atoms with van der Waals surface area (Å²) in [5, 5.41) is 9.09. The van der Waals surface area contributed by atoms with E-state index >= 15 is 0 Å². The first-order valence-corrected chi connectivity index (χ1v) is 8.60. The minimum atomic E-state index is -1.12. The molecule has 1 heterocycles. The number of benzene rings is 1. The minimum Gasteiger partial charge on any atom is -0.485 e. The Bertz CT molecular complexity index is 811. The van der Waals surface area contributed by atoms with Gasteiger partial charge in [0, 0.05) is 11.6 Å². The van der Waals surface area contributed by atoms with Crippen molar-refractivity contribution in [2.24, 2.45) is 0 Å². The van der Waals surface area contributed by atoms with Crippen LogP contribution in [0.25, 0.3) is 0 Å². The number of methoxy groups -OCH3 is 1. The van der Waals surface area contributed by atoms with E-state index in [9.17, 15) is 9.59 Å². The molecule has 9 heteroatoms. The smallest absolute Gasteiger partial charge is 0.407 e. The number of carbonyl (C=O) groups excluding carboxylic acids is 2. The molecule has 2 N–H and O–H groups in total.